The molecular weight excluding hydrogens is 230 g/mol. The zero-order chi connectivity index (χ0) is 13.1. The van der Waals surface area contributed by atoms with Gasteiger partial charge in [-0.05, 0) is 42.5 Å². The molecule has 1 aromatic rings. The van der Waals surface area contributed by atoms with Crippen molar-refractivity contribution < 1.29 is 14.6 Å². The number of carbonyl (C=O) groups is 1. The molecule has 0 heterocycles. The van der Waals surface area contributed by atoms with Crippen molar-refractivity contribution in [2.45, 2.75) is 32.3 Å². The van der Waals surface area contributed by atoms with Crippen LogP contribution in [-0.2, 0) is 11.2 Å². The van der Waals surface area contributed by atoms with Crippen molar-refractivity contribution in [2.75, 3.05) is 6.61 Å². The summed E-state index contributed by atoms with van der Waals surface area (Å²) in [5.41, 5.74) is 7.31. The Morgan fingerprint density at radius 3 is 3.11 bits per heavy atom. The summed E-state index contributed by atoms with van der Waals surface area (Å²) in [5.74, 6) is 0.00162. The first kappa shape index (κ1) is 12.9. The summed E-state index contributed by atoms with van der Waals surface area (Å²) in [7, 11) is 0. The Balaban J connectivity index is 2.06. The SMILES string of the molecule is CC(COc1ccc2c(c1)C(O)CCC2)C(N)=O. The van der Waals surface area contributed by atoms with Crippen LogP contribution in [0.2, 0.25) is 0 Å². The normalized spacial score (nSPS) is 20.0. The van der Waals surface area contributed by atoms with E-state index >= 15 is 0 Å². The number of rotatable bonds is 4. The molecule has 2 unspecified atom stereocenters. The molecule has 0 saturated heterocycles. The maximum Gasteiger partial charge on any atom is 0.223 e. The monoisotopic (exact) mass is 249 g/mol. The smallest absolute Gasteiger partial charge is 0.223 e. The molecule has 0 spiro atoms. The van der Waals surface area contributed by atoms with Crippen molar-refractivity contribution in [1.82, 2.24) is 0 Å². The van der Waals surface area contributed by atoms with Gasteiger partial charge in [0.15, 0.2) is 0 Å². The van der Waals surface area contributed by atoms with Gasteiger partial charge in [0.1, 0.15) is 5.75 Å². The van der Waals surface area contributed by atoms with E-state index in [4.69, 9.17) is 10.5 Å². The molecule has 1 aliphatic rings. The molecule has 1 amide bonds. The van der Waals surface area contributed by atoms with Crippen LogP contribution in [0.4, 0.5) is 0 Å². The van der Waals surface area contributed by atoms with E-state index in [2.05, 4.69) is 0 Å². The molecule has 3 N–H and O–H groups in total. The van der Waals surface area contributed by atoms with Gasteiger partial charge in [0.2, 0.25) is 5.91 Å². The summed E-state index contributed by atoms with van der Waals surface area (Å²) in [4.78, 5) is 10.9. The van der Waals surface area contributed by atoms with Gasteiger partial charge in [-0.3, -0.25) is 4.79 Å². The lowest BCUT2D eigenvalue weighted by molar-refractivity contribution is -0.122. The van der Waals surface area contributed by atoms with Crippen molar-refractivity contribution in [3.05, 3.63) is 29.3 Å². The van der Waals surface area contributed by atoms with Crippen LogP contribution < -0.4 is 10.5 Å². The third-order valence-corrected chi connectivity index (χ3v) is 3.39. The Kier molecular flexibility index (Phi) is 3.87. The zero-order valence-corrected chi connectivity index (χ0v) is 10.6. The van der Waals surface area contributed by atoms with Gasteiger partial charge in [0.25, 0.3) is 0 Å². The Morgan fingerprint density at radius 2 is 2.39 bits per heavy atom. The predicted octanol–water partition coefficient (Wildman–Crippen LogP) is 1.56. The minimum Gasteiger partial charge on any atom is -0.493 e. The number of aryl methyl sites for hydroxylation is 1. The van der Waals surface area contributed by atoms with Crippen molar-refractivity contribution >= 4 is 5.91 Å². The number of hydrogen-bond acceptors (Lipinski definition) is 3. The molecule has 0 aromatic heterocycles. The maximum atomic E-state index is 10.9. The van der Waals surface area contributed by atoms with Crippen LogP contribution >= 0.6 is 0 Å². The quantitative estimate of drug-likeness (QED) is 0.850. The van der Waals surface area contributed by atoms with Crippen molar-refractivity contribution in [1.29, 1.82) is 0 Å². The fraction of sp³-hybridized carbons (Fsp3) is 0.500. The fourth-order valence-corrected chi connectivity index (χ4v) is 2.15. The molecule has 0 bridgehead atoms. The Bertz CT molecular complexity index is 445. The summed E-state index contributed by atoms with van der Waals surface area (Å²) >= 11 is 0. The lowest BCUT2D eigenvalue weighted by Gasteiger charge is -2.22. The van der Waals surface area contributed by atoms with E-state index in [1.165, 1.54) is 5.56 Å². The number of aliphatic hydroxyl groups excluding tert-OH is 1. The lowest BCUT2D eigenvalue weighted by Crippen LogP contribution is -2.25. The third-order valence-electron chi connectivity index (χ3n) is 3.39. The van der Waals surface area contributed by atoms with E-state index in [0.29, 0.717) is 5.75 Å². The molecular formula is C14H19NO3. The highest BCUT2D eigenvalue weighted by atomic mass is 16.5. The molecule has 0 radical (unpaired) electrons. The molecule has 2 rings (SSSR count). The number of hydrogen-bond donors (Lipinski definition) is 2. The van der Waals surface area contributed by atoms with Crippen LogP contribution in [0.15, 0.2) is 18.2 Å². The Morgan fingerprint density at radius 1 is 1.61 bits per heavy atom. The van der Waals surface area contributed by atoms with E-state index < -0.39 is 6.10 Å². The fourth-order valence-electron chi connectivity index (χ4n) is 2.15. The average Bonchev–Trinajstić information content (AvgIpc) is 2.36. The van der Waals surface area contributed by atoms with E-state index in [1.807, 2.05) is 18.2 Å². The van der Waals surface area contributed by atoms with Gasteiger partial charge < -0.3 is 15.6 Å². The number of aliphatic hydroxyl groups is 1. The number of carbonyl (C=O) groups excluding carboxylic acids is 1. The van der Waals surface area contributed by atoms with Crippen molar-refractivity contribution in [3.63, 3.8) is 0 Å². The standard InChI is InChI=1S/C14H19NO3/c1-9(14(15)17)8-18-11-6-5-10-3-2-4-13(16)12(10)7-11/h5-7,9,13,16H,2-4,8H2,1H3,(H2,15,17). The molecule has 0 aliphatic heterocycles. The number of primary amides is 1. The summed E-state index contributed by atoms with van der Waals surface area (Å²) in [5, 5.41) is 9.92. The highest BCUT2D eigenvalue weighted by molar-refractivity contribution is 5.76. The molecule has 0 saturated carbocycles. The minimum absolute atomic E-state index is 0.268. The lowest BCUT2D eigenvalue weighted by atomic mass is 9.89. The molecule has 98 valence electrons. The first-order valence-electron chi connectivity index (χ1n) is 6.31. The second-order valence-electron chi connectivity index (χ2n) is 4.88. The number of ether oxygens (including phenoxy) is 1. The molecule has 18 heavy (non-hydrogen) atoms. The molecule has 4 nitrogen and oxygen atoms in total. The number of benzene rings is 1. The maximum absolute atomic E-state index is 10.9. The second-order valence-corrected chi connectivity index (χ2v) is 4.88. The number of amides is 1. The zero-order valence-electron chi connectivity index (χ0n) is 10.6. The summed E-state index contributed by atoms with van der Waals surface area (Å²) in [6.07, 6.45) is 2.43. The predicted molar refractivity (Wildman–Crippen MR) is 68.2 cm³/mol. The molecule has 0 fully saturated rings. The van der Waals surface area contributed by atoms with Gasteiger partial charge >= 0.3 is 0 Å². The van der Waals surface area contributed by atoms with Gasteiger partial charge in [-0.1, -0.05) is 13.0 Å². The first-order chi connectivity index (χ1) is 8.58. The topological polar surface area (TPSA) is 72.6 Å². The van der Waals surface area contributed by atoms with E-state index in [1.54, 1.807) is 6.92 Å². The summed E-state index contributed by atoms with van der Waals surface area (Å²) < 4.78 is 5.53. The average molecular weight is 249 g/mol. The second kappa shape index (κ2) is 5.40. The summed E-state index contributed by atoms with van der Waals surface area (Å²) in [6.45, 7) is 2.00. The highest BCUT2D eigenvalue weighted by Gasteiger charge is 2.18. The van der Waals surface area contributed by atoms with E-state index in [0.717, 1.165) is 24.8 Å². The van der Waals surface area contributed by atoms with E-state index in [-0.39, 0.29) is 18.4 Å². The van der Waals surface area contributed by atoms with Crippen LogP contribution in [0.5, 0.6) is 5.75 Å². The highest BCUT2D eigenvalue weighted by Crippen LogP contribution is 2.32. The number of fused-ring (bicyclic) bond motifs is 1. The molecule has 1 aliphatic carbocycles. The largest absolute Gasteiger partial charge is 0.493 e. The Labute approximate surface area is 107 Å². The molecule has 4 heteroatoms. The van der Waals surface area contributed by atoms with E-state index in [9.17, 15) is 9.90 Å². The van der Waals surface area contributed by atoms with Crippen LogP contribution in [0.25, 0.3) is 0 Å². The van der Waals surface area contributed by atoms with Gasteiger partial charge in [0, 0.05) is 0 Å². The molecule has 2 atom stereocenters. The first-order valence-corrected chi connectivity index (χ1v) is 6.31. The Hall–Kier alpha value is -1.55. The van der Waals surface area contributed by atoms with Crippen LogP contribution in [0.3, 0.4) is 0 Å². The molecule has 1 aromatic carbocycles. The summed E-state index contributed by atoms with van der Waals surface area (Å²) in [6, 6.07) is 5.74. The van der Waals surface area contributed by atoms with Crippen LogP contribution in [-0.4, -0.2) is 17.6 Å². The number of nitrogens with two attached hydrogens (primary N) is 1. The van der Waals surface area contributed by atoms with Crippen molar-refractivity contribution in [2.24, 2.45) is 11.7 Å². The van der Waals surface area contributed by atoms with Crippen LogP contribution in [0.1, 0.15) is 37.0 Å². The van der Waals surface area contributed by atoms with Crippen LogP contribution in [0, 0.1) is 5.92 Å². The van der Waals surface area contributed by atoms with Gasteiger partial charge in [-0.25, -0.2) is 0 Å². The van der Waals surface area contributed by atoms with Gasteiger partial charge in [0.05, 0.1) is 18.6 Å². The minimum atomic E-state index is -0.397. The van der Waals surface area contributed by atoms with Gasteiger partial charge in [-0.15, -0.1) is 0 Å². The third kappa shape index (κ3) is 2.82. The van der Waals surface area contributed by atoms with Gasteiger partial charge in [-0.2, -0.15) is 0 Å². The van der Waals surface area contributed by atoms with Crippen molar-refractivity contribution in [3.8, 4) is 5.75 Å².